The number of piperidine rings is 1. The lowest BCUT2D eigenvalue weighted by molar-refractivity contribution is 0.179. The van der Waals surface area contributed by atoms with E-state index in [0.717, 1.165) is 0 Å². The van der Waals surface area contributed by atoms with Crippen LogP contribution >= 0.6 is 0 Å². The van der Waals surface area contributed by atoms with Crippen molar-refractivity contribution < 1.29 is 0 Å². The van der Waals surface area contributed by atoms with Crippen LogP contribution in [0.3, 0.4) is 0 Å². The molecule has 3 nitrogen and oxygen atoms in total. The Balaban J connectivity index is 2.19. The minimum atomic E-state index is 0.584. The summed E-state index contributed by atoms with van der Waals surface area (Å²) in [6.07, 6.45) is 5.85. The van der Waals surface area contributed by atoms with Crippen LogP contribution in [0.4, 0.5) is 0 Å². The van der Waals surface area contributed by atoms with Crippen LogP contribution in [0.5, 0.6) is 0 Å². The van der Waals surface area contributed by atoms with Crippen molar-refractivity contribution in [1.82, 2.24) is 14.7 Å². The van der Waals surface area contributed by atoms with Crippen molar-refractivity contribution in [2.45, 2.75) is 25.3 Å². The van der Waals surface area contributed by atoms with Gasteiger partial charge < -0.3 is 0 Å². The van der Waals surface area contributed by atoms with Gasteiger partial charge in [-0.1, -0.05) is 6.42 Å². The SMILES string of the molecule is CN1CCCC[C@@H]1c1ccnn1C. The van der Waals surface area contributed by atoms with E-state index < -0.39 is 0 Å². The second-order valence-corrected chi connectivity index (χ2v) is 3.87. The summed E-state index contributed by atoms with van der Waals surface area (Å²) >= 11 is 0. The average molecular weight is 179 g/mol. The fraction of sp³-hybridized carbons (Fsp3) is 0.700. The average Bonchev–Trinajstić information content (AvgIpc) is 2.52. The minimum Gasteiger partial charge on any atom is -0.298 e. The Hall–Kier alpha value is -0.830. The molecule has 0 bridgehead atoms. The van der Waals surface area contributed by atoms with Gasteiger partial charge in [0.1, 0.15) is 0 Å². The van der Waals surface area contributed by atoms with Gasteiger partial charge in [0.2, 0.25) is 0 Å². The standard InChI is InChI=1S/C10H17N3/c1-12-8-4-3-5-9(12)10-6-7-11-13(10)2/h6-7,9H,3-5,8H2,1-2H3/t9-/m1/s1. The highest BCUT2D eigenvalue weighted by Gasteiger charge is 2.22. The van der Waals surface area contributed by atoms with Crippen LogP contribution in [0, 0.1) is 0 Å². The van der Waals surface area contributed by atoms with Gasteiger partial charge in [-0.05, 0) is 32.5 Å². The summed E-state index contributed by atoms with van der Waals surface area (Å²) in [4.78, 5) is 2.43. The third kappa shape index (κ3) is 1.61. The molecule has 0 amide bonds. The molecule has 3 heteroatoms. The normalized spacial score (nSPS) is 24.9. The van der Waals surface area contributed by atoms with Crippen molar-refractivity contribution in [1.29, 1.82) is 0 Å². The molecule has 1 fully saturated rings. The predicted octanol–water partition coefficient (Wildman–Crippen LogP) is 1.58. The van der Waals surface area contributed by atoms with Crippen molar-refractivity contribution in [3.05, 3.63) is 18.0 Å². The smallest absolute Gasteiger partial charge is 0.0552 e. The lowest BCUT2D eigenvalue weighted by Crippen LogP contribution is -2.30. The zero-order valence-corrected chi connectivity index (χ0v) is 8.40. The molecule has 1 aromatic rings. The maximum absolute atomic E-state index is 4.22. The molecule has 0 N–H and O–H groups in total. The summed E-state index contributed by atoms with van der Waals surface area (Å²) in [6, 6.07) is 2.72. The number of rotatable bonds is 1. The van der Waals surface area contributed by atoms with E-state index in [-0.39, 0.29) is 0 Å². The zero-order valence-electron chi connectivity index (χ0n) is 8.40. The molecule has 0 saturated carbocycles. The highest BCUT2D eigenvalue weighted by atomic mass is 15.3. The van der Waals surface area contributed by atoms with E-state index >= 15 is 0 Å². The summed E-state index contributed by atoms with van der Waals surface area (Å²) in [7, 11) is 4.23. The van der Waals surface area contributed by atoms with Crippen molar-refractivity contribution in [2.75, 3.05) is 13.6 Å². The Morgan fingerprint density at radius 2 is 2.23 bits per heavy atom. The molecular weight excluding hydrogens is 162 g/mol. The molecule has 1 atom stereocenters. The first-order valence-electron chi connectivity index (χ1n) is 4.97. The number of likely N-dealkylation sites (tertiary alicyclic amines) is 1. The number of nitrogens with zero attached hydrogens (tertiary/aromatic N) is 3. The van der Waals surface area contributed by atoms with E-state index in [0.29, 0.717) is 6.04 Å². The monoisotopic (exact) mass is 179 g/mol. The van der Waals surface area contributed by atoms with E-state index in [2.05, 4.69) is 23.1 Å². The number of aromatic nitrogens is 2. The second kappa shape index (κ2) is 3.50. The number of hydrogen-bond acceptors (Lipinski definition) is 2. The van der Waals surface area contributed by atoms with E-state index in [1.54, 1.807) is 0 Å². The minimum absolute atomic E-state index is 0.584. The molecule has 0 unspecified atom stereocenters. The fourth-order valence-corrected chi connectivity index (χ4v) is 2.16. The van der Waals surface area contributed by atoms with Crippen LogP contribution in [-0.2, 0) is 7.05 Å². The Morgan fingerprint density at radius 3 is 2.85 bits per heavy atom. The lowest BCUT2D eigenvalue weighted by atomic mass is 10.0. The molecule has 2 rings (SSSR count). The van der Waals surface area contributed by atoms with Crippen molar-refractivity contribution in [3.63, 3.8) is 0 Å². The molecule has 1 aromatic heterocycles. The fourth-order valence-electron chi connectivity index (χ4n) is 2.16. The highest BCUT2D eigenvalue weighted by molar-refractivity contribution is 5.07. The first-order valence-corrected chi connectivity index (χ1v) is 4.97. The Labute approximate surface area is 79.3 Å². The summed E-state index contributed by atoms with van der Waals surface area (Å²) in [5.41, 5.74) is 1.35. The molecule has 1 aliphatic heterocycles. The molecule has 0 aromatic carbocycles. The van der Waals surface area contributed by atoms with Gasteiger partial charge in [0, 0.05) is 13.2 Å². The maximum Gasteiger partial charge on any atom is 0.0552 e. The van der Waals surface area contributed by atoms with Crippen LogP contribution < -0.4 is 0 Å². The van der Waals surface area contributed by atoms with Gasteiger partial charge in [-0.2, -0.15) is 5.10 Å². The lowest BCUT2D eigenvalue weighted by Gasteiger charge is -2.32. The Bertz CT molecular complexity index is 279. The van der Waals surface area contributed by atoms with Crippen LogP contribution in [0.15, 0.2) is 12.3 Å². The third-order valence-electron chi connectivity index (χ3n) is 2.97. The Morgan fingerprint density at radius 1 is 1.38 bits per heavy atom. The second-order valence-electron chi connectivity index (χ2n) is 3.87. The van der Waals surface area contributed by atoms with Crippen molar-refractivity contribution >= 4 is 0 Å². The van der Waals surface area contributed by atoms with Gasteiger partial charge in [-0.25, -0.2) is 0 Å². The highest BCUT2D eigenvalue weighted by Crippen LogP contribution is 2.28. The van der Waals surface area contributed by atoms with Gasteiger partial charge >= 0.3 is 0 Å². The Kier molecular flexibility index (Phi) is 2.36. The molecule has 72 valence electrons. The summed E-state index contributed by atoms with van der Waals surface area (Å²) in [5, 5.41) is 4.22. The van der Waals surface area contributed by atoms with Crippen LogP contribution in [-0.4, -0.2) is 28.3 Å². The first kappa shape index (κ1) is 8.75. The number of aryl methyl sites for hydroxylation is 1. The largest absolute Gasteiger partial charge is 0.298 e. The predicted molar refractivity (Wildman–Crippen MR) is 52.4 cm³/mol. The quantitative estimate of drug-likeness (QED) is 0.652. The molecular formula is C10H17N3. The molecule has 0 spiro atoms. The zero-order chi connectivity index (χ0) is 9.26. The first-order chi connectivity index (χ1) is 6.29. The van der Waals surface area contributed by atoms with Gasteiger partial charge in [-0.15, -0.1) is 0 Å². The number of hydrogen-bond donors (Lipinski definition) is 0. The van der Waals surface area contributed by atoms with Crippen LogP contribution in [0.25, 0.3) is 0 Å². The molecule has 1 aliphatic rings. The van der Waals surface area contributed by atoms with Gasteiger partial charge in [-0.3, -0.25) is 9.58 Å². The summed E-state index contributed by atoms with van der Waals surface area (Å²) in [5.74, 6) is 0. The third-order valence-corrected chi connectivity index (χ3v) is 2.97. The van der Waals surface area contributed by atoms with Gasteiger partial charge in [0.25, 0.3) is 0 Å². The molecule has 1 saturated heterocycles. The van der Waals surface area contributed by atoms with E-state index in [1.165, 1.54) is 31.5 Å². The molecule has 0 aliphatic carbocycles. The van der Waals surface area contributed by atoms with E-state index in [4.69, 9.17) is 0 Å². The van der Waals surface area contributed by atoms with Crippen molar-refractivity contribution in [3.8, 4) is 0 Å². The van der Waals surface area contributed by atoms with Gasteiger partial charge in [0.15, 0.2) is 0 Å². The van der Waals surface area contributed by atoms with Crippen molar-refractivity contribution in [2.24, 2.45) is 7.05 Å². The molecule has 13 heavy (non-hydrogen) atoms. The molecule has 2 heterocycles. The van der Waals surface area contributed by atoms with E-state index in [1.807, 2.05) is 17.9 Å². The van der Waals surface area contributed by atoms with E-state index in [9.17, 15) is 0 Å². The topological polar surface area (TPSA) is 21.1 Å². The summed E-state index contributed by atoms with van der Waals surface area (Å²) in [6.45, 7) is 1.22. The maximum atomic E-state index is 4.22. The van der Waals surface area contributed by atoms with Crippen LogP contribution in [0.2, 0.25) is 0 Å². The van der Waals surface area contributed by atoms with Gasteiger partial charge in [0.05, 0.1) is 11.7 Å². The summed E-state index contributed by atoms with van der Waals surface area (Å²) < 4.78 is 1.99. The molecule has 0 radical (unpaired) electrons. The van der Waals surface area contributed by atoms with Crippen LogP contribution in [0.1, 0.15) is 31.0 Å².